The molecule has 0 spiro atoms. The first-order chi connectivity index (χ1) is 9.95. The highest BCUT2D eigenvalue weighted by Crippen LogP contribution is 2.21. The molecule has 21 heavy (non-hydrogen) atoms. The van der Waals surface area contributed by atoms with E-state index >= 15 is 0 Å². The number of amides is 2. The van der Waals surface area contributed by atoms with Crippen molar-refractivity contribution in [3.8, 4) is 5.75 Å². The first-order valence-corrected chi connectivity index (χ1v) is 6.13. The lowest BCUT2D eigenvalue weighted by Gasteiger charge is -2.09. The fourth-order valence-electron chi connectivity index (χ4n) is 1.77. The number of aromatic hydroxyl groups is 1. The lowest BCUT2D eigenvalue weighted by atomic mass is 10.1. The SMILES string of the molecule is CC(=O)Nc1cccc(NC(=O)c2ccc(F)cc2O)c1. The molecular weight excluding hydrogens is 275 g/mol. The summed E-state index contributed by atoms with van der Waals surface area (Å²) in [7, 11) is 0. The maximum Gasteiger partial charge on any atom is 0.259 e. The van der Waals surface area contributed by atoms with E-state index in [1.807, 2.05) is 0 Å². The Labute approximate surface area is 120 Å². The van der Waals surface area contributed by atoms with Gasteiger partial charge in [0, 0.05) is 24.4 Å². The summed E-state index contributed by atoms with van der Waals surface area (Å²) in [5.74, 6) is -1.87. The van der Waals surface area contributed by atoms with Crippen LogP contribution >= 0.6 is 0 Å². The number of rotatable bonds is 3. The van der Waals surface area contributed by atoms with Crippen LogP contribution in [0.4, 0.5) is 15.8 Å². The number of phenols is 1. The van der Waals surface area contributed by atoms with Crippen molar-refractivity contribution in [2.75, 3.05) is 10.6 Å². The Kier molecular flexibility index (Phi) is 4.18. The highest BCUT2D eigenvalue weighted by molar-refractivity contribution is 6.06. The predicted molar refractivity (Wildman–Crippen MR) is 76.8 cm³/mol. The monoisotopic (exact) mass is 288 g/mol. The molecule has 2 rings (SSSR count). The van der Waals surface area contributed by atoms with E-state index in [-0.39, 0.29) is 11.5 Å². The molecule has 2 amide bonds. The molecule has 108 valence electrons. The van der Waals surface area contributed by atoms with Gasteiger partial charge in [-0.05, 0) is 30.3 Å². The van der Waals surface area contributed by atoms with Crippen molar-refractivity contribution in [2.24, 2.45) is 0 Å². The number of phenolic OH excluding ortho intramolecular Hbond substituents is 1. The highest BCUT2D eigenvalue weighted by Gasteiger charge is 2.12. The molecule has 6 heteroatoms. The third-order valence-corrected chi connectivity index (χ3v) is 2.65. The normalized spacial score (nSPS) is 10.0. The second kappa shape index (κ2) is 6.04. The average molecular weight is 288 g/mol. The van der Waals surface area contributed by atoms with Gasteiger partial charge in [0.15, 0.2) is 0 Å². The van der Waals surface area contributed by atoms with Gasteiger partial charge in [-0.15, -0.1) is 0 Å². The second-order valence-corrected chi connectivity index (χ2v) is 4.38. The van der Waals surface area contributed by atoms with Gasteiger partial charge in [0.05, 0.1) is 5.56 Å². The van der Waals surface area contributed by atoms with Crippen LogP contribution in [0.2, 0.25) is 0 Å². The molecule has 0 bridgehead atoms. The summed E-state index contributed by atoms with van der Waals surface area (Å²) in [4.78, 5) is 23.0. The number of halogens is 1. The average Bonchev–Trinajstić information content (AvgIpc) is 2.37. The van der Waals surface area contributed by atoms with Gasteiger partial charge in [0.25, 0.3) is 5.91 Å². The Morgan fingerprint density at radius 3 is 2.33 bits per heavy atom. The van der Waals surface area contributed by atoms with E-state index in [4.69, 9.17) is 0 Å². The first kappa shape index (κ1) is 14.5. The minimum absolute atomic E-state index is 0.0404. The summed E-state index contributed by atoms with van der Waals surface area (Å²) >= 11 is 0. The Morgan fingerprint density at radius 2 is 1.71 bits per heavy atom. The van der Waals surface area contributed by atoms with Crippen molar-refractivity contribution in [3.63, 3.8) is 0 Å². The van der Waals surface area contributed by atoms with Crippen LogP contribution in [0.15, 0.2) is 42.5 Å². The van der Waals surface area contributed by atoms with Crippen LogP contribution in [0.3, 0.4) is 0 Å². The number of benzene rings is 2. The Bertz CT molecular complexity index is 701. The zero-order valence-corrected chi connectivity index (χ0v) is 11.2. The topological polar surface area (TPSA) is 78.4 Å². The number of anilines is 2. The van der Waals surface area contributed by atoms with Crippen LogP contribution in [-0.2, 0) is 4.79 Å². The molecule has 0 aliphatic carbocycles. The summed E-state index contributed by atoms with van der Waals surface area (Å²) in [5, 5.41) is 14.7. The summed E-state index contributed by atoms with van der Waals surface area (Å²) in [6.45, 7) is 1.38. The molecule has 0 saturated heterocycles. The van der Waals surface area contributed by atoms with Crippen LogP contribution in [0.25, 0.3) is 0 Å². The first-order valence-electron chi connectivity index (χ1n) is 6.13. The maximum atomic E-state index is 12.9. The Hall–Kier alpha value is -2.89. The Balaban J connectivity index is 2.17. The summed E-state index contributed by atoms with van der Waals surface area (Å²) in [5.41, 5.74) is 0.930. The minimum Gasteiger partial charge on any atom is -0.507 e. The second-order valence-electron chi connectivity index (χ2n) is 4.38. The van der Waals surface area contributed by atoms with Crippen LogP contribution in [0.1, 0.15) is 17.3 Å². The third-order valence-electron chi connectivity index (χ3n) is 2.65. The zero-order chi connectivity index (χ0) is 15.4. The summed E-state index contributed by atoms with van der Waals surface area (Å²) in [6, 6.07) is 9.67. The number of carbonyl (C=O) groups excluding carboxylic acids is 2. The van der Waals surface area contributed by atoms with Gasteiger partial charge < -0.3 is 15.7 Å². The maximum absolute atomic E-state index is 12.9. The molecule has 0 aliphatic heterocycles. The molecule has 0 heterocycles. The van der Waals surface area contributed by atoms with E-state index in [9.17, 15) is 19.1 Å². The van der Waals surface area contributed by atoms with Gasteiger partial charge in [-0.1, -0.05) is 6.07 Å². The predicted octanol–water partition coefficient (Wildman–Crippen LogP) is 2.74. The molecule has 0 atom stereocenters. The number of carbonyl (C=O) groups is 2. The largest absolute Gasteiger partial charge is 0.507 e. The Morgan fingerprint density at radius 1 is 1.05 bits per heavy atom. The van der Waals surface area contributed by atoms with Gasteiger partial charge in [-0.2, -0.15) is 0 Å². The van der Waals surface area contributed by atoms with E-state index < -0.39 is 17.5 Å². The van der Waals surface area contributed by atoms with E-state index in [1.54, 1.807) is 24.3 Å². The van der Waals surface area contributed by atoms with Gasteiger partial charge in [0.2, 0.25) is 5.91 Å². The van der Waals surface area contributed by atoms with Crippen LogP contribution < -0.4 is 10.6 Å². The van der Waals surface area contributed by atoms with Crippen molar-refractivity contribution in [3.05, 3.63) is 53.8 Å². The van der Waals surface area contributed by atoms with Crippen LogP contribution in [0, 0.1) is 5.82 Å². The number of nitrogens with one attached hydrogen (secondary N) is 2. The standard InChI is InChI=1S/C15H13FN2O3/c1-9(19)17-11-3-2-4-12(8-11)18-15(21)13-6-5-10(16)7-14(13)20/h2-8,20H,1H3,(H,17,19)(H,18,21). The molecule has 2 aromatic rings. The zero-order valence-electron chi connectivity index (χ0n) is 11.2. The highest BCUT2D eigenvalue weighted by atomic mass is 19.1. The van der Waals surface area contributed by atoms with E-state index in [1.165, 1.54) is 13.0 Å². The summed E-state index contributed by atoms with van der Waals surface area (Å²) in [6.07, 6.45) is 0. The molecular formula is C15H13FN2O3. The van der Waals surface area contributed by atoms with Gasteiger partial charge in [0.1, 0.15) is 11.6 Å². The van der Waals surface area contributed by atoms with Crippen molar-refractivity contribution >= 4 is 23.2 Å². The lowest BCUT2D eigenvalue weighted by Crippen LogP contribution is -2.13. The molecule has 0 unspecified atom stereocenters. The van der Waals surface area contributed by atoms with Gasteiger partial charge in [-0.3, -0.25) is 9.59 Å². The number of hydrogen-bond donors (Lipinski definition) is 3. The molecule has 3 N–H and O–H groups in total. The summed E-state index contributed by atoms with van der Waals surface area (Å²) < 4.78 is 12.9. The van der Waals surface area contributed by atoms with Crippen molar-refractivity contribution < 1.29 is 19.1 Å². The minimum atomic E-state index is -0.628. The van der Waals surface area contributed by atoms with E-state index in [2.05, 4.69) is 10.6 Å². The molecule has 0 fully saturated rings. The molecule has 0 aromatic heterocycles. The molecule has 0 aliphatic rings. The van der Waals surface area contributed by atoms with Crippen LogP contribution in [0.5, 0.6) is 5.75 Å². The van der Waals surface area contributed by atoms with Crippen molar-refractivity contribution in [1.29, 1.82) is 0 Å². The molecule has 2 aromatic carbocycles. The lowest BCUT2D eigenvalue weighted by molar-refractivity contribution is -0.114. The fraction of sp³-hybridized carbons (Fsp3) is 0.0667. The fourth-order valence-corrected chi connectivity index (χ4v) is 1.77. The third kappa shape index (κ3) is 3.79. The van der Waals surface area contributed by atoms with Crippen LogP contribution in [-0.4, -0.2) is 16.9 Å². The van der Waals surface area contributed by atoms with Crippen molar-refractivity contribution in [1.82, 2.24) is 0 Å². The smallest absolute Gasteiger partial charge is 0.259 e. The van der Waals surface area contributed by atoms with E-state index in [0.29, 0.717) is 11.4 Å². The number of hydrogen-bond acceptors (Lipinski definition) is 3. The molecule has 0 radical (unpaired) electrons. The van der Waals surface area contributed by atoms with Crippen molar-refractivity contribution in [2.45, 2.75) is 6.92 Å². The molecule has 0 saturated carbocycles. The van der Waals surface area contributed by atoms with E-state index in [0.717, 1.165) is 12.1 Å². The molecule has 5 nitrogen and oxygen atoms in total. The quantitative estimate of drug-likeness (QED) is 0.812. The van der Waals surface area contributed by atoms with Gasteiger partial charge >= 0.3 is 0 Å². The van der Waals surface area contributed by atoms with Gasteiger partial charge in [-0.25, -0.2) is 4.39 Å².